The number of halogens is 1. The maximum atomic E-state index is 11.6. The molecule has 2 aromatic rings. The minimum absolute atomic E-state index is 0.218. The average molecular weight is 392 g/mol. The lowest BCUT2D eigenvalue weighted by Gasteiger charge is -2.09. The van der Waals surface area contributed by atoms with Crippen molar-refractivity contribution in [2.75, 3.05) is 6.61 Å². The standard InChI is InChI=1S/C18H16ClNO3S.C2H6/c19-15-4-2-1-3-13(15)9-10-23-14-7-5-12(6-8-14)11-16-17(21)20-18(22)24-16;1-2/h1-8,16H,9-11H2,(H,20,21,22);1-2H3. The van der Waals surface area contributed by atoms with Crippen LogP contribution in [0.5, 0.6) is 5.75 Å². The molecule has 1 fully saturated rings. The summed E-state index contributed by atoms with van der Waals surface area (Å²) in [4.78, 5) is 22.7. The fraction of sp³-hybridized carbons (Fsp3) is 0.300. The molecule has 6 heteroatoms. The molecule has 1 aliphatic rings. The van der Waals surface area contributed by atoms with Crippen molar-refractivity contribution in [3.63, 3.8) is 0 Å². The summed E-state index contributed by atoms with van der Waals surface area (Å²) in [6, 6.07) is 15.3. The molecule has 1 saturated heterocycles. The maximum Gasteiger partial charge on any atom is 0.286 e. The Morgan fingerprint density at radius 2 is 1.77 bits per heavy atom. The Morgan fingerprint density at radius 1 is 1.08 bits per heavy atom. The van der Waals surface area contributed by atoms with Crippen LogP contribution in [-0.2, 0) is 17.6 Å². The summed E-state index contributed by atoms with van der Waals surface area (Å²) >= 11 is 7.16. The molecule has 4 nitrogen and oxygen atoms in total. The van der Waals surface area contributed by atoms with Gasteiger partial charge in [-0.05, 0) is 35.7 Å². The number of amides is 2. The predicted octanol–water partition coefficient (Wildman–Crippen LogP) is 4.88. The second kappa shape index (κ2) is 10.2. The topological polar surface area (TPSA) is 55.4 Å². The Hall–Kier alpha value is -1.98. The van der Waals surface area contributed by atoms with Crippen LogP contribution in [0.15, 0.2) is 48.5 Å². The van der Waals surface area contributed by atoms with Crippen molar-refractivity contribution in [2.24, 2.45) is 0 Å². The minimum Gasteiger partial charge on any atom is -0.493 e. The Labute approximate surface area is 163 Å². The summed E-state index contributed by atoms with van der Waals surface area (Å²) in [6.07, 6.45) is 1.27. The fourth-order valence-corrected chi connectivity index (χ4v) is 3.53. The van der Waals surface area contributed by atoms with E-state index in [2.05, 4.69) is 5.32 Å². The van der Waals surface area contributed by atoms with Crippen LogP contribution in [0, 0.1) is 0 Å². The van der Waals surface area contributed by atoms with Crippen LogP contribution in [0.3, 0.4) is 0 Å². The molecule has 0 bridgehead atoms. The van der Waals surface area contributed by atoms with E-state index in [-0.39, 0.29) is 16.4 Å². The number of ether oxygens (including phenoxy) is 1. The van der Waals surface area contributed by atoms with Crippen LogP contribution in [0.4, 0.5) is 4.79 Å². The lowest BCUT2D eigenvalue weighted by atomic mass is 10.1. The molecule has 0 radical (unpaired) electrons. The molecular weight excluding hydrogens is 370 g/mol. The van der Waals surface area contributed by atoms with E-state index in [1.807, 2.05) is 62.4 Å². The summed E-state index contributed by atoms with van der Waals surface area (Å²) in [6.45, 7) is 4.54. The van der Waals surface area contributed by atoms with Gasteiger partial charge in [0, 0.05) is 11.4 Å². The normalized spacial score (nSPS) is 15.9. The molecule has 0 aromatic heterocycles. The molecular formula is C20H22ClNO3S. The highest BCUT2D eigenvalue weighted by Gasteiger charge is 2.31. The van der Waals surface area contributed by atoms with Crippen LogP contribution in [-0.4, -0.2) is 23.0 Å². The Kier molecular flexibility index (Phi) is 8.01. The summed E-state index contributed by atoms with van der Waals surface area (Å²) in [5, 5.41) is 2.43. The zero-order chi connectivity index (χ0) is 18.9. The first-order valence-electron chi connectivity index (χ1n) is 8.58. The number of benzene rings is 2. The molecule has 0 saturated carbocycles. The van der Waals surface area contributed by atoms with Gasteiger partial charge in [0.2, 0.25) is 5.91 Å². The van der Waals surface area contributed by atoms with Gasteiger partial charge in [-0.15, -0.1) is 0 Å². The molecule has 138 valence electrons. The van der Waals surface area contributed by atoms with Crippen LogP contribution in [0.1, 0.15) is 25.0 Å². The Bertz CT molecular complexity index is 749. The molecule has 2 amide bonds. The zero-order valence-corrected chi connectivity index (χ0v) is 16.4. The quantitative estimate of drug-likeness (QED) is 0.762. The highest BCUT2D eigenvalue weighted by atomic mass is 35.5. The van der Waals surface area contributed by atoms with Gasteiger partial charge in [0.1, 0.15) is 5.75 Å². The van der Waals surface area contributed by atoms with E-state index >= 15 is 0 Å². The van der Waals surface area contributed by atoms with Crippen LogP contribution >= 0.6 is 23.4 Å². The monoisotopic (exact) mass is 391 g/mol. The smallest absolute Gasteiger partial charge is 0.286 e. The molecule has 0 aliphatic carbocycles. The van der Waals surface area contributed by atoms with Gasteiger partial charge < -0.3 is 4.74 Å². The van der Waals surface area contributed by atoms with Gasteiger partial charge in [-0.25, -0.2) is 0 Å². The highest BCUT2D eigenvalue weighted by Crippen LogP contribution is 2.24. The van der Waals surface area contributed by atoms with Gasteiger partial charge in [0.05, 0.1) is 11.9 Å². The van der Waals surface area contributed by atoms with Crippen molar-refractivity contribution in [3.05, 3.63) is 64.7 Å². The van der Waals surface area contributed by atoms with Crippen LogP contribution in [0.2, 0.25) is 5.02 Å². The molecule has 3 rings (SSSR count). The third kappa shape index (κ3) is 5.78. The maximum absolute atomic E-state index is 11.6. The van der Waals surface area contributed by atoms with Crippen molar-refractivity contribution in [1.82, 2.24) is 5.32 Å². The van der Waals surface area contributed by atoms with Crippen molar-refractivity contribution in [1.29, 1.82) is 0 Å². The Balaban J connectivity index is 0.00000117. The van der Waals surface area contributed by atoms with Crippen molar-refractivity contribution >= 4 is 34.5 Å². The first-order valence-corrected chi connectivity index (χ1v) is 9.84. The third-order valence-electron chi connectivity index (χ3n) is 3.71. The van der Waals surface area contributed by atoms with Gasteiger partial charge >= 0.3 is 0 Å². The van der Waals surface area contributed by atoms with E-state index in [0.717, 1.165) is 40.1 Å². The van der Waals surface area contributed by atoms with Crippen molar-refractivity contribution in [3.8, 4) is 5.75 Å². The molecule has 0 spiro atoms. The van der Waals surface area contributed by atoms with Gasteiger partial charge in [-0.3, -0.25) is 14.9 Å². The van der Waals surface area contributed by atoms with E-state index in [4.69, 9.17) is 16.3 Å². The first-order chi connectivity index (χ1) is 12.6. The molecule has 1 unspecified atom stereocenters. The summed E-state index contributed by atoms with van der Waals surface area (Å²) in [5.41, 5.74) is 2.06. The number of hydrogen-bond donors (Lipinski definition) is 1. The predicted molar refractivity (Wildman–Crippen MR) is 107 cm³/mol. The van der Waals surface area contributed by atoms with E-state index in [9.17, 15) is 9.59 Å². The second-order valence-corrected chi connectivity index (χ2v) is 7.00. The second-order valence-electron chi connectivity index (χ2n) is 5.42. The average Bonchev–Trinajstić information content (AvgIpc) is 2.97. The molecule has 1 aliphatic heterocycles. The summed E-state index contributed by atoms with van der Waals surface area (Å²) < 4.78 is 5.73. The molecule has 1 N–H and O–H groups in total. The van der Waals surface area contributed by atoms with Crippen molar-refractivity contribution < 1.29 is 14.3 Å². The lowest BCUT2D eigenvalue weighted by molar-refractivity contribution is -0.118. The SMILES string of the molecule is CC.O=C1NC(=O)C(Cc2ccc(OCCc3ccccc3Cl)cc2)S1. The van der Waals surface area contributed by atoms with E-state index in [1.165, 1.54) is 0 Å². The fourth-order valence-electron chi connectivity index (χ4n) is 2.44. The number of carbonyl (C=O) groups excluding carboxylic acids is 2. The number of thioether (sulfide) groups is 1. The number of hydrogen-bond acceptors (Lipinski definition) is 4. The largest absolute Gasteiger partial charge is 0.493 e. The van der Waals surface area contributed by atoms with Gasteiger partial charge in [-0.1, -0.05) is 67.5 Å². The van der Waals surface area contributed by atoms with Crippen LogP contribution < -0.4 is 10.1 Å². The molecule has 1 atom stereocenters. The number of imide groups is 1. The van der Waals surface area contributed by atoms with E-state index in [0.29, 0.717) is 13.0 Å². The van der Waals surface area contributed by atoms with Gasteiger partial charge in [0.25, 0.3) is 5.24 Å². The summed E-state index contributed by atoms with van der Waals surface area (Å²) in [5.74, 6) is 0.551. The minimum atomic E-state index is -0.343. The van der Waals surface area contributed by atoms with E-state index in [1.54, 1.807) is 0 Å². The van der Waals surface area contributed by atoms with Gasteiger partial charge in [0.15, 0.2) is 0 Å². The summed E-state index contributed by atoms with van der Waals surface area (Å²) in [7, 11) is 0. The third-order valence-corrected chi connectivity index (χ3v) is 5.06. The molecule has 1 heterocycles. The molecule has 26 heavy (non-hydrogen) atoms. The Morgan fingerprint density at radius 3 is 2.38 bits per heavy atom. The highest BCUT2D eigenvalue weighted by molar-refractivity contribution is 8.15. The zero-order valence-electron chi connectivity index (χ0n) is 14.8. The van der Waals surface area contributed by atoms with Gasteiger partial charge in [-0.2, -0.15) is 0 Å². The van der Waals surface area contributed by atoms with Crippen molar-refractivity contribution in [2.45, 2.75) is 31.9 Å². The number of carbonyl (C=O) groups is 2. The van der Waals surface area contributed by atoms with Crippen LogP contribution in [0.25, 0.3) is 0 Å². The molecule has 2 aromatic carbocycles. The number of rotatable bonds is 6. The lowest BCUT2D eigenvalue weighted by Crippen LogP contribution is -2.25. The first kappa shape index (κ1) is 20.3. The number of nitrogens with one attached hydrogen (secondary N) is 1. The van der Waals surface area contributed by atoms with E-state index < -0.39 is 0 Å².